The Morgan fingerprint density at radius 1 is 1.12 bits per heavy atom. The van der Waals surface area contributed by atoms with Gasteiger partial charge in [0.2, 0.25) is 0 Å². The van der Waals surface area contributed by atoms with E-state index in [1.54, 1.807) is 38.1 Å². The number of carbonyl (C=O) groups is 2. The molecule has 2 aromatic rings. The quantitative estimate of drug-likeness (QED) is 0.612. The van der Waals surface area contributed by atoms with Gasteiger partial charge in [-0.15, -0.1) is 0 Å². The molecule has 0 radical (unpaired) electrons. The second-order valence-corrected chi connectivity index (χ2v) is 5.61. The maximum Gasteiger partial charge on any atom is 0.411 e. The molecule has 0 saturated heterocycles. The van der Waals surface area contributed by atoms with E-state index >= 15 is 0 Å². The van der Waals surface area contributed by atoms with Crippen molar-refractivity contribution in [1.82, 2.24) is 0 Å². The van der Waals surface area contributed by atoms with Crippen LogP contribution in [0.1, 0.15) is 20.8 Å². The number of benzene rings is 2. The van der Waals surface area contributed by atoms with Crippen LogP contribution in [0.5, 0.6) is 11.5 Å². The number of hydrogen-bond donors (Lipinski definition) is 2. The number of anilines is 1. The zero-order chi connectivity index (χ0) is 18.8. The van der Waals surface area contributed by atoms with Crippen molar-refractivity contribution in [2.24, 2.45) is 0 Å². The van der Waals surface area contributed by atoms with Gasteiger partial charge in [-0.1, -0.05) is 17.7 Å². The minimum Gasteiger partial charge on any atom is -0.508 e. The first-order valence-electron chi connectivity index (χ1n) is 7.47. The van der Waals surface area contributed by atoms with E-state index in [0.717, 1.165) is 0 Å². The molecule has 0 aliphatic rings. The lowest BCUT2D eigenvalue weighted by molar-refractivity contribution is -0.131. The number of hydrogen-bond acceptors (Lipinski definition) is 5. The highest BCUT2D eigenvalue weighted by Crippen LogP contribution is 2.16. The summed E-state index contributed by atoms with van der Waals surface area (Å²) in [7, 11) is 0. The zero-order valence-electron chi connectivity index (χ0n) is 14.2. The first kappa shape index (κ1) is 20.3. The molecule has 2 rings (SSSR count). The predicted octanol–water partition coefficient (Wildman–Crippen LogP) is 4.61. The maximum atomic E-state index is 11.2. The van der Waals surface area contributed by atoms with Gasteiger partial charge in [0.15, 0.2) is 0 Å². The number of aromatic hydroxyl groups is 1. The van der Waals surface area contributed by atoms with Gasteiger partial charge in [0.1, 0.15) is 11.5 Å². The number of phenols is 1. The molecule has 7 heteroatoms. The van der Waals surface area contributed by atoms with Crippen LogP contribution >= 0.6 is 11.6 Å². The fourth-order valence-corrected chi connectivity index (χ4v) is 1.80. The number of ether oxygens (including phenoxy) is 2. The van der Waals surface area contributed by atoms with Gasteiger partial charge in [0.25, 0.3) is 0 Å². The molecule has 0 saturated carbocycles. The summed E-state index contributed by atoms with van der Waals surface area (Å²) in [4.78, 5) is 21.6. The molecule has 2 N–H and O–H groups in total. The normalized spacial score (nSPS) is 9.64. The smallest absolute Gasteiger partial charge is 0.411 e. The number of esters is 1. The molecule has 1 amide bonds. The van der Waals surface area contributed by atoms with Gasteiger partial charge >= 0.3 is 12.1 Å². The molecule has 0 aliphatic heterocycles. The number of carbonyl (C=O) groups excluding carboxylic acids is 2. The lowest BCUT2D eigenvalue weighted by Gasteiger charge is -2.09. The summed E-state index contributed by atoms with van der Waals surface area (Å²) in [6.07, 6.45) is -0.601. The standard InChI is InChI=1S/C10H12ClNO2.C8H8O3/c1-7(2)14-10(13)12-9-5-3-4-8(11)6-9;1-6(9)11-8-4-2-7(10)3-5-8/h3-7H,1-2H3,(H,12,13);2-5,10H,1H3. The van der Waals surface area contributed by atoms with Crippen molar-refractivity contribution in [3.63, 3.8) is 0 Å². The molecule has 0 bridgehead atoms. The largest absolute Gasteiger partial charge is 0.508 e. The number of halogens is 1. The van der Waals surface area contributed by atoms with Gasteiger partial charge in [0.05, 0.1) is 6.10 Å². The van der Waals surface area contributed by atoms with Crippen molar-refractivity contribution in [3.8, 4) is 11.5 Å². The highest BCUT2D eigenvalue weighted by atomic mass is 35.5. The van der Waals surface area contributed by atoms with Crippen LogP contribution in [0, 0.1) is 0 Å². The first-order valence-corrected chi connectivity index (χ1v) is 7.84. The Morgan fingerprint density at radius 3 is 2.28 bits per heavy atom. The van der Waals surface area contributed by atoms with Gasteiger partial charge in [-0.05, 0) is 56.3 Å². The van der Waals surface area contributed by atoms with E-state index in [1.807, 2.05) is 0 Å². The fraction of sp³-hybridized carbons (Fsp3) is 0.222. The van der Waals surface area contributed by atoms with Crippen molar-refractivity contribution in [2.75, 3.05) is 5.32 Å². The molecular formula is C18H20ClNO5. The molecule has 134 valence electrons. The minimum absolute atomic E-state index is 0.130. The summed E-state index contributed by atoms with van der Waals surface area (Å²) < 4.78 is 9.62. The van der Waals surface area contributed by atoms with Crippen LogP contribution < -0.4 is 10.1 Å². The third-order valence-corrected chi connectivity index (χ3v) is 2.75. The van der Waals surface area contributed by atoms with E-state index in [4.69, 9.17) is 26.2 Å². The van der Waals surface area contributed by atoms with E-state index in [-0.39, 0.29) is 17.8 Å². The number of rotatable bonds is 3. The molecule has 0 atom stereocenters. The third-order valence-electron chi connectivity index (χ3n) is 2.51. The van der Waals surface area contributed by atoms with Crippen LogP contribution in [0.3, 0.4) is 0 Å². The van der Waals surface area contributed by atoms with E-state index in [2.05, 4.69) is 5.32 Å². The number of phenolic OH excluding ortho intramolecular Hbond substituents is 1. The molecule has 0 aromatic heterocycles. The number of nitrogens with one attached hydrogen (secondary N) is 1. The van der Waals surface area contributed by atoms with Crippen molar-refractivity contribution in [3.05, 3.63) is 53.6 Å². The molecule has 2 aromatic carbocycles. The summed E-state index contributed by atoms with van der Waals surface area (Å²) in [6, 6.07) is 12.9. The van der Waals surface area contributed by atoms with E-state index in [1.165, 1.54) is 31.2 Å². The lowest BCUT2D eigenvalue weighted by atomic mass is 10.3. The van der Waals surface area contributed by atoms with Gasteiger partial charge in [-0.2, -0.15) is 0 Å². The van der Waals surface area contributed by atoms with Crippen molar-refractivity contribution >= 4 is 29.4 Å². The number of amides is 1. The van der Waals surface area contributed by atoms with Gasteiger partial charge in [-0.25, -0.2) is 4.79 Å². The first-order chi connectivity index (χ1) is 11.8. The van der Waals surface area contributed by atoms with Gasteiger partial charge in [0, 0.05) is 17.6 Å². The Hall–Kier alpha value is -2.73. The molecule has 0 spiro atoms. The monoisotopic (exact) mass is 365 g/mol. The maximum absolute atomic E-state index is 11.2. The molecule has 25 heavy (non-hydrogen) atoms. The molecule has 0 fully saturated rings. The topological polar surface area (TPSA) is 84.9 Å². The Balaban J connectivity index is 0.000000257. The van der Waals surface area contributed by atoms with Crippen LogP contribution in [0.25, 0.3) is 0 Å². The van der Waals surface area contributed by atoms with Crippen molar-refractivity contribution in [2.45, 2.75) is 26.9 Å². The molecule has 0 aliphatic carbocycles. The summed E-state index contributed by atoms with van der Waals surface area (Å²) in [6.45, 7) is 4.90. The molecular weight excluding hydrogens is 346 g/mol. The Labute approximate surface area is 151 Å². The molecule has 6 nitrogen and oxygen atoms in total. The SMILES string of the molecule is CC(=O)Oc1ccc(O)cc1.CC(C)OC(=O)Nc1cccc(Cl)c1. The lowest BCUT2D eigenvalue weighted by Crippen LogP contribution is -2.17. The van der Waals surface area contributed by atoms with Crippen LogP contribution in [-0.2, 0) is 9.53 Å². The molecule has 0 heterocycles. The predicted molar refractivity (Wildman–Crippen MR) is 96.1 cm³/mol. The average molecular weight is 366 g/mol. The van der Waals surface area contributed by atoms with E-state index in [9.17, 15) is 9.59 Å². The van der Waals surface area contributed by atoms with Crippen LogP contribution in [0.2, 0.25) is 5.02 Å². The third kappa shape index (κ3) is 9.22. The van der Waals surface area contributed by atoms with Crippen LogP contribution in [0.15, 0.2) is 48.5 Å². The Bertz CT molecular complexity index is 701. The average Bonchev–Trinajstić information content (AvgIpc) is 2.49. The summed E-state index contributed by atoms with van der Waals surface area (Å²) in [5.74, 6) is 0.229. The Morgan fingerprint density at radius 2 is 1.76 bits per heavy atom. The van der Waals surface area contributed by atoms with Gasteiger partial charge in [-0.3, -0.25) is 10.1 Å². The minimum atomic E-state index is -0.470. The van der Waals surface area contributed by atoms with E-state index < -0.39 is 6.09 Å². The van der Waals surface area contributed by atoms with Gasteiger partial charge < -0.3 is 14.6 Å². The zero-order valence-corrected chi connectivity index (χ0v) is 14.9. The highest BCUT2D eigenvalue weighted by molar-refractivity contribution is 6.30. The van der Waals surface area contributed by atoms with Crippen LogP contribution in [-0.4, -0.2) is 23.3 Å². The van der Waals surface area contributed by atoms with Crippen molar-refractivity contribution in [1.29, 1.82) is 0 Å². The Kier molecular flexibility index (Phi) is 8.29. The highest BCUT2D eigenvalue weighted by Gasteiger charge is 2.04. The van der Waals surface area contributed by atoms with Crippen LogP contribution in [0.4, 0.5) is 10.5 Å². The van der Waals surface area contributed by atoms with Crippen molar-refractivity contribution < 1.29 is 24.2 Å². The summed E-state index contributed by atoms with van der Waals surface area (Å²) >= 11 is 5.74. The fourth-order valence-electron chi connectivity index (χ4n) is 1.61. The second kappa shape index (κ2) is 10.2. The second-order valence-electron chi connectivity index (χ2n) is 5.18. The molecule has 0 unspecified atom stereocenters. The van der Waals surface area contributed by atoms with E-state index in [0.29, 0.717) is 16.5 Å². The summed E-state index contributed by atoms with van der Waals surface area (Å²) in [5.41, 5.74) is 0.628. The summed E-state index contributed by atoms with van der Waals surface area (Å²) in [5, 5.41) is 12.0.